The number of rotatable bonds is 5. The first-order valence-corrected chi connectivity index (χ1v) is 10.9. The Hall–Kier alpha value is -3.62. The molecule has 4 aromatic rings. The van der Waals surface area contributed by atoms with E-state index >= 15 is 0 Å². The molecule has 0 aliphatic rings. The van der Waals surface area contributed by atoms with Crippen LogP contribution in [0.5, 0.6) is 0 Å². The van der Waals surface area contributed by atoms with Crippen molar-refractivity contribution in [2.45, 2.75) is 26.3 Å². The molecule has 5 heteroatoms. The maximum Gasteiger partial charge on any atom is 0.335 e. The fourth-order valence-electron chi connectivity index (χ4n) is 3.51. The molecule has 0 atom stereocenters. The molecule has 0 saturated heterocycles. The highest BCUT2D eigenvalue weighted by molar-refractivity contribution is 7.19. The molecule has 0 aliphatic heterocycles. The first-order valence-electron chi connectivity index (χ1n) is 10.1. The zero-order valence-corrected chi connectivity index (χ0v) is 17.9. The Balaban J connectivity index is 1.56. The standard InChI is InChI=1S/C26H21NO3S/c1-2-19-6-3-4-7-20(19)8-5-9-22-16-23-24(31-22)14-15-27(25(23)28)17-18-10-12-21(13-11-18)26(29)30/h3-4,6-7,10-16H,2,8,17H2,1H3,(H,29,30). The van der Waals surface area contributed by atoms with Crippen LogP contribution in [0.1, 0.15) is 38.8 Å². The van der Waals surface area contributed by atoms with Crippen LogP contribution in [0, 0.1) is 11.8 Å². The summed E-state index contributed by atoms with van der Waals surface area (Å²) in [5, 5.41) is 9.68. The molecule has 2 aromatic carbocycles. The molecule has 4 nitrogen and oxygen atoms in total. The monoisotopic (exact) mass is 427 g/mol. The number of benzene rings is 2. The molecule has 0 aliphatic carbocycles. The molecule has 31 heavy (non-hydrogen) atoms. The molecule has 0 radical (unpaired) electrons. The minimum atomic E-state index is -0.963. The molecule has 0 bridgehead atoms. The van der Waals surface area contributed by atoms with Gasteiger partial charge in [0.1, 0.15) is 0 Å². The molecule has 1 N–H and O–H groups in total. The van der Waals surface area contributed by atoms with Crippen LogP contribution < -0.4 is 5.56 Å². The summed E-state index contributed by atoms with van der Waals surface area (Å²) in [5.74, 6) is 5.49. The van der Waals surface area contributed by atoms with E-state index < -0.39 is 5.97 Å². The van der Waals surface area contributed by atoms with Crippen molar-refractivity contribution in [1.82, 2.24) is 4.57 Å². The van der Waals surface area contributed by atoms with Crippen LogP contribution in [-0.2, 0) is 19.4 Å². The van der Waals surface area contributed by atoms with Gasteiger partial charge < -0.3 is 9.67 Å². The normalized spacial score (nSPS) is 10.6. The van der Waals surface area contributed by atoms with Crippen LogP contribution >= 0.6 is 11.3 Å². The average molecular weight is 428 g/mol. The minimum Gasteiger partial charge on any atom is -0.478 e. The Labute approximate surface area is 184 Å². The summed E-state index contributed by atoms with van der Waals surface area (Å²) in [6.07, 6.45) is 3.45. The SMILES string of the molecule is CCc1ccccc1CC#Cc1cc2c(=O)n(Cc3ccc(C(=O)O)cc3)ccc2s1. The molecule has 2 aromatic heterocycles. The van der Waals surface area contributed by atoms with Gasteiger partial charge in [0.15, 0.2) is 0 Å². The predicted octanol–water partition coefficient (Wildman–Crippen LogP) is 4.97. The van der Waals surface area contributed by atoms with E-state index in [2.05, 4.69) is 30.9 Å². The molecular weight excluding hydrogens is 406 g/mol. The van der Waals surface area contributed by atoms with Crippen molar-refractivity contribution in [2.24, 2.45) is 0 Å². The lowest BCUT2D eigenvalue weighted by Crippen LogP contribution is -2.19. The second-order valence-corrected chi connectivity index (χ2v) is 8.32. The Morgan fingerprint density at radius 1 is 1.06 bits per heavy atom. The molecule has 0 unspecified atom stereocenters. The third-order valence-corrected chi connectivity index (χ3v) is 6.22. The summed E-state index contributed by atoms with van der Waals surface area (Å²) in [7, 11) is 0. The lowest BCUT2D eigenvalue weighted by Gasteiger charge is -2.06. The number of aryl methyl sites for hydroxylation is 1. The zero-order valence-electron chi connectivity index (χ0n) is 17.1. The molecule has 0 amide bonds. The summed E-state index contributed by atoms with van der Waals surface area (Å²) in [4.78, 5) is 24.8. The lowest BCUT2D eigenvalue weighted by molar-refractivity contribution is 0.0697. The third kappa shape index (κ3) is 4.60. The summed E-state index contributed by atoms with van der Waals surface area (Å²) >= 11 is 1.52. The van der Waals surface area contributed by atoms with Gasteiger partial charge in [0.25, 0.3) is 5.56 Å². The molecule has 4 rings (SSSR count). The fourth-order valence-corrected chi connectivity index (χ4v) is 4.44. The number of carboxylic acid groups (broad SMARTS) is 1. The van der Waals surface area contributed by atoms with Crippen LogP contribution in [-0.4, -0.2) is 15.6 Å². The number of hydrogen-bond donors (Lipinski definition) is 1. The number of carboxylic acids is 1. The van der Waals surface area contributed by atoms with Gasteiger partial charge >= 0.3 is 5.97 Å². The molecule has 154 valence electrons. The van der Waals surface area contributed by atoms with Gasteiger partial charge in [-0.15, -0.1) is 11.3 Å². The maximum absolute atomic E-state index is 12.9. The molecule has 0 saturated carbocycles. The van der Waals surface area contributed by atoms with Gasteiger partial charge in [-0.05, 0) is 47.4 Å². The summed E-state index contributed by atoms with van der Waals surface area (Å²) < 4.78 is 2.56. The first-order chi connectivity index (χ1) is 15.0. The second kappa shape index (κ2) is 9.03. The van der Waals surface area contributed by atoms with Gasteiger partial charge in [-0.25, -0.2) is 4.79 Å². The Morgan fingerprint density at radius 2 is 1.81 bits per heavy atom. The summed E-state index contributed by atoms with van der Waals surface area (Å²) in [5.41, 5.74) is 3.59. The summed E-state index contributed by atoms with van der Waals surface area (Å²) in [6, 6.07) is 18.7. The highest BCUT2D eigenvalue weighted by Gasteiger charge is 2.08. The largest absolute Gasteiger partial charge is 0.478 e. The maximum atomic E-state index is 12.9. The van der Waals surface area contributed by atoms with Gasteiger partial charge in [-0.3, -0.25) is 4.79 Å². The number of pyridine rings is 1. The lowest BCUT2D eigenvalue weighted by atomic mass is 10.0. The van der Waals surface area contributed by atoms with E-state index in [-0.39, 0.29) is 11.1 Å². The van der Waals surface area contributed by atoms with Crippen molar-refractivity contribution in [2.75, 3.05) is 0 Å². The van der Waals surface area contributed by atoms with Crippen molar-refractivity contribution in [3.05, 3.63) is 104 Å². The predicted molar refractivity (Wildman–Crippen MR) is 125 cm³/mol. The number of hydrogen-bond acceptors (Lipinski definition) is 3. The van der Waals surface area contributed by atoms with E-state index in [1.54, 1.807) is 35.0 Å². The average Bonchev–Trinajstić information content (AvgIpc) is 3.20. The Bertz CT molecular complexity index is 1370. The van der Waals surface area contributed by atoms with Crippen molar-refractivity contribution >= 4 is 27.4 Å². The highest BCUT2D eigenvalue weighted by atomic mass is 32.1. The van der Waals surface area contributed by atoms with Gasteiger partial charge in [0.2, 0.25) is 0 Å². The number of nitrogens with zero attached hydrogens (tertiary/aromatic N) is 1. The third-order valence-electron chi connectivity index (χ3n) is 5.20. The smallest absolute Gasteiger partial charge is 0.335 e. The number of aromatic carboxylic acids is 1. The molecular formula is C26H21NO3S. The number of carbonyl (C=O) groups is 1. The van der Waals surface area contributed by atoms with Crippen LogP contribution in [0.4, 0.5) is 0 Å². The van der Waals surface area contributed by atoms with Gasteiger partial charge in [-0.2, -0.15) is 0 Å². The van der Waals surface area contributed by atoms with Gasteiger partial charge in [0.05, 0.1) is 22.4 Å². The number of aromatic nitrogens is 1. The van der Waals surface area contributed by atoms with Crippen LogP contribution in [0.25, 0.3) is 10.1 Å². The molecule has 0 fully saturated rings. The van der Waals surface area contributed by atoms with E-state index in [1.165, 1.54) is 22.5 Å². The minimum absolute atomic E-state index is 0.0690. The zero-order chi connectivity index (χ0) is 21.8. The van der Waals surface area contributed by atoms with Crippen LogP contribution in [0.2, 0.25) is 0 Å². The van der Waals surface area contributed by atoms with E-state index in [0.29, 0.717) is 18.4 Å². The van der Waals surface area contributed by atoms with Crippen molar-refractivity contribution in [3.63, 3.8) is 0 Å². The molecule has 0 spiro atoms. The topological polar surface area (TPSA) is 59.3 Å². The Kier molecular flexibility index (Phi) is 6.01. The van der Waals surface area contributed by atoms with Crippen molar-refractivity contribution < 1.29 is 9.90 Å². The van der Waals surface area contributed by atoms with Crippen molar-refractivity contribution in [3.8, 4) is 11.8 Å². The quantitative estimate of drug-likeness (QED) is 0.458. The number of fused-ring (bicyclic) bond motifs is 1. The fraction of sp³-hybridized carbons (Fsp3) is 0.154. The van der Waals surface area contributed by atoms with E-state index in [4.69, 9.17) is 5.11 Å². The van der Waals surface area contributed by atoms with Crippen LogP contribution in [0.15, 0.2) is 71.7 Å². The first kappa shape index (κ1) is 20.6. The molecule has 2 heterocycles. The van der Waals surface area contributed by atoms with Crippen molar-refractivity contribution in [1.29, 1.82) is 0 Å². The van der Waals surface area contributed by atoms with Gasteiger partial charge in [0, 0.05) is 17.3 Å². The van der Waals surface area contributed by atoms with E-state index in [1.807, 2.05) is 24.3 Å². The van der Waals surface area contributed by atoms with E-state index in [0.717, 1.165) is 21.6 Å². The van der Waals surface area contributed by atoms with Gasteiger partial charge in [-0.1, -0.05) is 55.2 Å². The Morgan fingerprint density at radius 3 is 2.52 bits per heavy atom. The second-order valence-electron chi connectivity index (χ2n) is 7.24. The highest BCUT2D eigenvalue weighted by Crippen LogP contribution is 2.22. The number of thiophene rings is 1. The summed E-state index contributed by atoms with van der Waals surface area (Å²) in [6.45, 7) is 2.53. The van der Waals surface area contributed by atoms with Crippen LogP contribution in [0.3, 0.4) is 0 Å². The van der Waals surface area contributed by atoms with E-state index in [9.17, 15) is 9.59 Å².